The van der Waals surface area contributed by atoms with E-state index in [2.05, 4.69) is 27.7 Å². The Kier molecular flexibility index (Phi) is 5.43. The molecule has 0 radical (unpaired) electrons. The number of nitrogens with one attached hydrogen (secondary N) is 1. The lowest BCUT2D eigenvalue weighted by atomic mass is 10.3. The summed E-state index contributed by atoms with van der Waals surface area (Å²) in [6.45, 7) is 4.10. The van der Waals surface area contributed by atoms with Crippen molar-refractivity contribution in [3.8, 4) is 0 Å². The molecule has 2 aromatic rings. The van der Waals surface area contributed by atoms with Crippen molar-refractivity contribution in [2.45, 2.75) is 6.54 Å². The minimum atomic E-state index is -0.134. The van der Waals surface area contributed by atoms with Gasteiger partial charge in [0, 0.05) is 42.6 Å². The second kappa shape index (κ2) is 7.53. The summed E-state index contributed by atoms with van der Waals surface area (Å²) < 4.78 is 0. The van der Waals surface area contributed by atoms with Crippen LogP contribution < -0.4 is 5.32 Å². The molecule has 1 N–H and O–H groups in total. The summed E-state index contributed by atoms with van der Waals surface area (Å²) in [6, 6.07) is 9.12. The van der Waals surface area contributed by atoms with Crippen LogP contribution in [-0.4, -0.2) is 42.0 Å². The summed E-state index contributed by atoms with van der Waals surface area (Å²) in [6.07, 6.45) is 0. The predicted octanol–water partition coefficient (Wildman–Crippen LogP) is 4.40. The molecule has 0 atom stereocenters. The third-order valence-corrected chi connectivity index (χ3v) is 5.21. The topological polar surface area (TPSA) is 35.6 Å². The van der Waals surface area contributed by atoms with Crippen LogP contribution in [0.25, 0.3) is 0 Å². The minimum absolute atomic E-state index is 0.134. The smallest absolute Gasteiger partial charge is 0.321 e. The van der Waals surface area contributed by atoms with Gasteiger partial charge < -0.3 is 10.2 Å². The Labute approximate surface area is 149 Å². The molecule has 0 unspecified atom stereocenters. The molecule has 1 aromatic heterocycles. The lowest BCUT2D eigenvalue weighted by Gasteiger charge is -2.34. The number of halogens is 2. The van der Waals surface area contributed by atoms with Crippen LogP contribution in [0.4, 0.5) is 10.5 Å². The van der Waals surface area contributed by atoms with Crippen LogP contribution >= 0.6 is 34.5 Å². The molecule has 4 nitrogen and oxygen atoms in total. The zero-order valence-electron chi connectivity index (χ0n) is 12.5. The average Bonchev–Trinajstić information content (AvgIpc) is 3.04. The van der Waals surface area contributed by atoms with E-state index >= 15 is 0 Å². The summed E-state index contributed by atoms with van der Waals surface area (Å²) in [5.74, 6) is 0. The Morgan fingerprint density at radius 1 is 1.17 bits per heavy atom. The molecule has 0 saturated carbocycles. The summed E-state index contributed by atoms with van der Waals surface area (Å²) in [7, 11) is 0. The van der Waals surface area contributed by atoms with Crippen LogP contribution in [-0.2, 0) is 6.54 Å². The van der Waals surface area contributed by atoms with Crippen molar-refractivity contribution in [1.29, 1.82) is 0 Å². The van der Waals surface area contributed by atoms with Crippen molar-refractivity contribution >= 4 is 46.3 Å². The summed E-state index contributed by atoms with van der Waals surface area (Å²) in [5, 5.41) is 5.96. The van der Waals surface area contributed by atoms with Crippen LogP contribution in [0.1, 0.15) is 4.88 Å². The number of amides is 2. The zero-order chi connectivity index (χ0) is 16.2. The molecule has 122 valence electrons. The highest BCUT2D eigenvalue weighted by atomic mass is 35.5. The third-order valence-electron chi connectivity index (χ3n) is 3.79. The number of thiophene rings is 1. The van der Waals surface area contributed by atoms with Gasteiger partial charge in [0.25, 0.3) is 0 Å². The zero-order valence-corrected chi connectivity index (χ0v) is 14.8. The van der Waals surface area contributed by atoms with Crippen molar-refractivity contribution in [2.24, 2.45) is 0 Å². The molecule has 1 aliphatic rings. The van der Waals surface area contributed by atoms with Gasteiger partial charge in [-0.05, 0) is 29.6 Å². The number of benzene rings is 1. The monoisotopic (exact) mass is 369 g/mol. The highest BCUT2D eigenvalue weighted by Gasteiger charge is 2.21. The number of anilines is 1. The van der Waals surface area contributed by atoms with Gasteiger partial charge in [0.1, 0.15) is 0 Å². The van der Waals surface area contributed by atoms with Crippen molar-refractivity contribution in [1.82, 2.24) is 9.80 Å². The number of urea groups is 1. The fraction of sp³-hybridized carbons (Fsp3) is 0.312. The first-order valence-corrected chi connectivity index (χ1v) is 9.01. The van der Waals surface area contributed by atoms with Gasteiger partial charge in [-0.1, -0.05) is 29.3 Å². The van der Waals surface area contributed by atoms with E-state index in [1.807, 2.05) is 4.90 Å². The van der Waals surface area contributed by atoms with Crippen molar-refractivity contribution < 1.29 is 4.79 Å². The van der Waals surface area contributed by atoms with E-state index in [4.69, 9.17) is 23.2 Å². The van der Waals surface area contributed by atoms with Gasteiger partial charge in [-0.15, -0.1) is 11.3 Å². The van der Waals surface area contributed by atoms with Crippen molar-refractivity contribution in [2.75, 3.05) is 31.5 Å². The average molecular weight is 370 g/mol. The van der Waals surface area contributed by atoms with Crippen LogP contribution in [0.15, 0.2) is 35.7 Å². The van der Waals surface area contributed by atoms with E-state index in [1.54, 1.807) is 29.5 Å². The van der Waals surface area contributed by atoms with E-state index in [0.717, 1.165) is 19.6 Å². The molecule has 2 amide bonds. The van der Waals surface area contributed by atoms with Gasteiger partial charge in [0.2, 0.25) is 0 Å². The maximum atomic E-state index is 12.4. The molecule has 7 heteroatoms. The van der Waals surface area contributed by atoms with Crippen LogP contribution in [0.3, 0.4) is 0 Å². The number of rotatable bonds is 3. The highest BCUT2D eigenvalue weighted by molar-refractivity contribution is 7.09. The molecule has 0 bridgehead atoms. The molecule has 1 fully saturated rings. The van der Waals surface area contributed by atoms with Crippen molar-refractivity contribution in [3.05, 3.63) is 50.6 Å². The molecule has 2 heterocycles. The molecule has 1 saturated heterocycles. The third kappa shape index (κ3) is 4.38. The SMILES string of the molecule is O=C(Nc1cc(Cl)ccc1Cl)N1CCN(Cc2cccs2)CC1. The first kappa shape index (κ1) is 16.6. The standard InChI is InChI=1S/C16H17Cl2N3OS/c17-12-3-4-14(18)15(10-12)19-16(22)21-7-5-20(6-8-21)11-13-2-1-9-23-13/h1-4,9-10H,5-8,11H2,(H,19,22). The quantitative estimate of drug-likeness (QED) is 0.869. The molecule has 1 aromatic carbocycles. The molecular formula is C16H17Cl2N3OS. The number of hydrogen-bond acceptors (Lipinski definition) is 3. The number of hydrogen-bond donors (Lipinski definition) is 1. The number of carbonyl (C=O) groups is 1. The summed E-state index contributed by atoms with van der Waals surface area (Å²) in [5.41, 5.74) is 0.546. The maximum Gasteiger partial charge on any atom is 0.321 e. The molecule has 1 aliphatic heterocycles. The van der Waals surface area contributed by atoms with E-state index in [1.165, 1.54) is 4.88 Å². The fourth-order valence-electron chi connectivity index (χ4n) is 2.52. The Balaban J connectivity index is 1.53. The number of piperazine rings is 1. The first-order valence-electron chi connectivity index (χ1n) is 7.37. The van der Waals surface area contributed by atoms with E-state index in [0.29, 0.717) is 28.8 Å². The Hall–Kier alpha value is -1.27. The van der Waals surface area contributed by atoms with Crippen molar-refractivity contribution in [3.63, 3.8) is 0 Å². The Morgan fingerprint density at radius 3 is 2.65 bits per heavy atom. The van der Waals surface area contributed by atoms with Crippen LogP contribution in [0.5, 0.6) is 0 Å². The second-order valence-electron chi connectivity index (χ2n) is 5.40. The van der Waals surface area contributed by atoms with Gasteiger partial charge in [-0.3, -0.25) is 4.90 Å². The van der Waals surface area contributed by atoms with Crippen LogP contribution in [0, 0.1) is 0 Å². The van der Waals surface area contributed by atoms with E-state index in [-0.39, 0.29) is 6.03 Å². The second-order valence-corrected chi connectivity index (χ2v) is 7.27. The molecule has 0 aliphatic carbocycles. The van der Waals surface area contributed by atoms with E-state index in [9.17, 15) is 4.79 Å². The summed E-state index contributed by atoms with van der Waals surface area (Å²) in [4.78, 5) is 17.9. The summed E-state index contributed by atoms with van der Waals surface area (Å²) >= 11 is 13.8. The molecule has 0 spiro atoms. The Morgan fingerprint density at radius 2 is 1.96 bits per heavy atom. The van der Waals surface area contributed by atoms with Gasteiger partial charge >= 0.3 is 6.03 Å². The molecule has 23 heavy (non-hydrogen) atoms. The normalized spacial score (nSPS) is 15.7. The van der Waals surface area contributed by atoms with Gasteiger partial charge in [-0.2, -0.15) is 0 Å². The van der Waals surface area contributed by atoms with Gasteiger partial charge in [0.15, 0.2) is 0 Å². The largest absolute Gasteiger partial charge is 0.322 e. The minimum Gasteiger partial charge on any atom is -0.322 e. The number of carbonyl (C=O) groups excluding carboxylic acids is 1. The molecule has 3 rings (SSSR count). The van der Waals surface area contributed by atoms with Crippen LogP contribution in [0.2, 0.25) is 10.0 Å². The maximum absolute atomic E-state index is 12.4. The van der Waals surface area contributed by atoms with Gasteiger partial charge in [-0.25, -0.2) is 4.79 Å². The molecular weight excluding hydrogens is 353 g/mol. The highest BCUT2D eigenvalue weighted by Crippen LogP contribution is 2.25. The Bertz CT molecular complexity index is 670. The fourth-order valence-corrected chi connectivity index (χ4v) is 3.60. The lowest BCUT2D eigenvalue weighted by Crippen LogP contribution is -2.49. The predicted molar refractivity (Wildman–Crippen MR) is 96.6 cm³/mol. The number of nitrogens with zero attached hydrogens (tertiary/aromatic N) is 2. The first-order chi connectivity index (χ1) is 11.1. The van der Waals surface area contributed by atoms with Gasteiger partial charge in [0.05, 0.1) is 10.7 Å². The lowest BCUT2D eigenvalue weighted by molar-refractivity contribution is 0.143. The van der Waals surface area contributed by atoms with E-state index < -0.39 is 0 Å².